The zero-order valence-electron chi connectivity index (χ0n) is 19.1. The van der Waals surface area contributed by atoms with Crippen LogP contribution in [0.4, 0.5) is 24.0 Å². The lowest BCUT2D eigenvalue weighted by Gasteiger charge is -2.17. The zero-order chi connectivity index (χ0) is 25.0. The summed E-state index contributed by atoms with van der Waals surface area (Å²) in [5.41, 5.74) is 2.50. The summed E-state index contributed by atoms with van der Waals surface area (Å²) in [6.45, 7) is 3.82. The number of alkyl halides is 3. The minimum atomic E-state index is -4.38. The largest absolute Gasteiger partial charge is 0.454 e. The molecule has 1 heterocycles. The Morgan fingerprint density at radius 1 is 1.03 bits per heavy atom. The van der Waals surface area contributed by atoms with Gasteiger partial charge in [-0.15, -0.1) is 11.3 Å². The second-order valence-corrected chi connectivity index (χ2v) is 9.12. The summed E-state index contributed by atoms with van der Waals surface area (Å²) < 4.78 is 44.3. The lowest BCUT2D eigenvalue weighted by molar-refractivity contribution is -0.137. The highest BCUT2D eigenvalue weighted by Gasteiger charge is 2.30. The number of esters is 1. The number of hydrogen-bond acceptors (Lipinski definition) is 5. The standard InChI is InChI=1S/C27H23F3N2O2S/c1-3-23(18-8-5-4-6-9-18)34-25(33)20-10-7-11-22(16-20)31-26-32-24(17(2)35-26)19-12-14-21(15-13-19)27(28,29)30/h4-16,23H,3H2,1-2H3,(H,31,32). The van der Waals surface area contributed by atoms with Crippen molar-refractivity contribution in [3.05, 3.63) is 100 Å². The summed E-state index contributed by atoms with van der Waals surface area (Å²) in [5, 5.41) is 3.75. The quantitative estimate of drug-likeness (QED) is 0.262. The molecular weight excluding hydrogens is 473 g/mol. The molecule has 1 unspecified atom stereocenters. The van der Waals surface area contributed by atoms with E-state index >= 15 is 0 Å². The van der Waals surface area contributed by atoms with E-state index in [4.69, 9.17) is 4.74 Å². The summed E-state index contributed by atoms with van der Waals surface area (Å²) in [5.74, 6) is -0.426. The molecule has 4 rings (SSSR count). The van der Waals surface area contributed by atoms with E-state index in [-0.39, 0.29) is 6.10 Å². The van der Waals surface area contributed by atoms with Gasteiger partial charge in [-0.2, -0.15) is 13.2 Å². The van der Waals surface area contributed by atoms with Gasteiger partial charge in [0.05, 0.1) is 16.8 Å². The van der Waals surface area contributed by atoms with Crippen LogP contribution in [0.5, 0.6) is 0 Å². The Balaban J connectivity index is 1.48. The molecule has 1 N–H and O–H groups in total. The first-order valence-electron chi connectivity index (χ1n) is 11.0. The van der Waals surface area contributed by atoms with Crippen LogP contribution in [0.25, 0.3) is 11.3 Å². The van der Waals surface area contributed by atoms with E-state index in [9.17, 15) is 18.0 Å². The van der Waals surface area contributed by atoms with Crippen LogP contribution in [0, 0.1) is 6.92 Å². The van der Waals surface area contributed by atoms with Crippen LogP contribution in [0.3, 0.4) is 0 Å². The molecule has 1 aromatic heterocycles. The fourth-order valence-electron chi connectivity index (χ4n) is 3.63. The van der Waals surface area contributed by atoms with Gasteiger partial charge in [-0.3, -0.25) is 0 Å². The first-order chi connectivity index (χ1) is 16.7. The molecule has 4 nitrogen and oxygen atoms in total. The van der Waals surface area contributed by atoms with Crippen LogP contribution in [0.2, 0.25) is 0 Å². The highest BCUT2D eigenvalue weighted by Crippen LogP contribution is 2.35. The van der Waals surface area contributed by atoms with Gasteiger partial charge in [-0.25, -0.2) is 9.78 Å². The number of carbonyl (C=O) groups excluding carboxylic acids is 1. The van der Waals surface area contributed by atoms with Crippen LogP contribution < -0.4 is 5.32 Å². The Morgan fingerprint density at radius 2 is 1.74 bits per heavy atom. The smallest absolute Gasteiger partial charge is 0.416 e. The second-order valence-electron chi connectivity index (χ2n) is 7.92. The summed E-state index contributed by atoms with van der Waals surface area (Å²) >= 11 is 1.38. The van der Waals surface area contributed by atoms with E-state index in [1.54, 1.807) is 24.3 Å². The number of thiazole rings is 1. The third-order valence-corrected chi connectivity index (χ3v) is 6.31. The Hall–Kier alpha value is -3.65. The van der Waals surface area contributed by atoms with Crippen molar-refractivity contribution in [3.63, 3.8) is 0 Å². The lowest BCUT2D eigenvalue weighted by Crippen LogP contribution is -2.11. The van der Waals surface area contributed by atoms with E-state index in [0.717, 1.165) is 22.6 Å². The Bertz CT molecular complexity index is 1300. The molecule has 4 aromatic rings. The third-order valence-electron chi connectivity index (χ3n) is 5.42. The molecule has 0 aliphatic rings. The zero-order valence-corrected chi connectivity index (χ0v) is 19.9. The maximum absolute atomic E-state index is 12.9. The highest BCUT2D eigenvalue weighted by molar-refractivity contribution is 7.16. The molecule has 0 saturated carbocycles. The van der Waals surface area contributed by atoms with Gasteiger partial charge in [0.25, 0.3) is 0 Å². The van der Waals surface area contributed by atoms with Crippen molar-refractivity contribution in [2.24, 2.45) is 0 Å². The van der Waals surface area contributed by atoms with Gasteiger partial charge in [0.2, 0.25) is 0 Å². The molecule has 35 heavy (non-hydrogen) atoms. The van der Waals surface area contributed by atoms with E-state index in [0.29, 0.717) is 34.1 Å². The molecule has 0 bridgehead atoms. The predicted molar refractivity (Wildman–Crippen MR) is 132 cm³/mol. The second kappa shape index (κ2) is 10.3. The van der Waals surface area contributed by atoms with Crippen molar-refractivity contribution >= 4 is 28.1 Å². The molecular formula is C27H23F3N2O2S. The van der Waals surface area contributed by atoms with E-state index in [1.807, 2.05) is 44.2 Å². The van der Waals surface area contributed by atoms with Crippen LogP contribution in [0.15, 0.2) is 78.9 Å². The van der Waals surface area contributed by atoms with Crippen molar-refractivity contribution < 1.29 is 22.7 Å². The maximum Gasteiger partial charge on any atom is 0.416 e. The average molecular weight is 497 g/mol. The Labute approximate surface area is 205 Å². The predicted octanol–water partition coefficient (Wildman–Crippen LogP) is 8.19. The summed E-state index contributed by atoms with van der Waals surface area (Å²) in [4.78, 5) is 18.2. The number of benzene rings is 3. The fourth-order valence-corrected chi connectivity index (χ4v) is 4.49. The van der Waals surface area contributed by atoms with Crippen LogP contribution in [-0.4, -0.2) is 11.0 Å². The Kier molecular flexibility index (Phi) is 7.21. The van der Waals surface area contributed by atoms with Crippen molar-refractivity contribution in [1.82, 2.24) is 4.98 Å². The monoisotopic (exact) mass is 496 g/mol. The summed E-state index contributed by atoms with van der Waals surface area (Å²) in [7, 11) is 0. The van der Waals surface area contributed by atoms with Gasteiger partial charge in [0, 0.05) is 16.1 Å². The third kappa shape index (κ3) is 5.89. The molecule has 0 fully saturated rings. The van der Waals surface area contributed by atoms with E-state index in [2.05, 4.69) is 10.3 Å². The molecule has 0 radical (unpaired) electrons. The van der Waals surface area contributed by atoms with Crippen molar-refractivity contribution in [2.45, 2.75) is 32.5 Å². The number of anilines is 2. The van der Waals surface area contributed by atoms with Crippen molar-refractivity contribution in [2.75, 3.05) is 5.32 Å². The van der Waals surface area contributed by atoms with Crippen LogP contribution in [-0.2, 0) is 10.9 Å². The van der Waals surface area contributed by atoms with E-state index < -0.39 is 17.7 Å². The number of hydrogen-bond donors (Lipinski definition) is 1. The summed E-state index contributed by atoms with van der Waals surface area (Å²) in [6, 6.07) is 21.5. The number of rotatable bonds is 7. The lowest BCUT2D eigenvalue weighted by atomic mass is 10.1. The Morgan fingerprint density at radius 3 is 2.40 bits per heavy atom. The molecule has 0 aliphatic heterocycles. The van der Waals surface area contributed by atoms with Crippen LogP contribution >= 0.6 is 11.3 Å². The van der Waals surface area contributed by atoms with Crippen molar-refractivity contribution in [1.29, 1.82) is 0 Å². The highest BCUT2D eigenvalue weighted by atomic mass is 32.1. The molecule has 0 spiro atoms. The number of nitrogens with one attached hydrogen (secondary N) is 1. The molecule has 180 valence electrons. The van der Waals surface area contributed by atoms with Gasteiger partial charge >= 0.3 is 12.1 Å². The van der Waals surface area contributed by atoms with Crippen molar-refractivity contribution in [3.8, 4) is 11.3 Å². The van der Waals surface area contributed by atoms with Gasteiger partial charge in [0.1, 0.15) is 6.10 Å². The number of ether oxygens (including phenoxy) is 1. The average Bonchev–Trinajstić information content (AvgIpc) is 3.22. The number of nitrogens with zero attached hydrogens (tertiary/aromatic N) is 1. The number of halogens is 3. The first-order valence-corrected chi connectivity index (χ1v) is 11.8. The van der Waals surface area contributed by atoms with Gasteiger partial charge in [-0.1, -0.05) is 55.5 Å². The molecule has 3 aromatic carbocycles. The van der Waals surface area contributed by atoms with Gasteiger partial charge in [0.15, 0.2) is 5.13 Å². The fraction of sp³-hybridized carbons (Fsp3) is 0.185. The maximum atomic E-state index is 12.9. The first kappa shape index (κ1) is 24.5. The molecule has 0 saturated heterocycles. The topological polar surface area (TPSA) is 51.2 Å². The number of aryl methyl sites for hydroxylation is 1. The number of aromatic nitrogens is 1. The molecule has 0 aliphatic carbocycles. The van der Waals surface area contributed by atoms with Gasteiger partial charge in [-0.05, 0) is 49.2 Å². The van der Waals surface area contributed by atoms with Crippen LogP contribution in [0.1, 0.15) is 45.8 Å². The van der Waals surface area contributed by atoms with Gasteiger partial charge < -0.3 is 10.1 Å². The minimum absolute atomic E-state index is 0.340. The summed E-state index contributed by atoms with van der Waals surface area (Å²) in [6.07, 6.45) is -4.07. The molecule has 0 amide bonds. The SMILES string of the molecule is CCC(OC(=O)c1cccc(Nc2nc(-c3ccc(C(F)(F)F)cc3)c(C)s2)c1)c1ccccc1. The normalized spacial score (nSPS) is 12.3. The number of carbonyl (C=O) groups is 1. The molecule has 1 atom stereocenters. The minimum Gasteiger partial charge on any atom is -0.454 e. The molecule has 8 heteroatoms. The van der Waals surface area contributed by atoms with E-state index in [1.165, 1.54) is 23.5 Å².